The number of aromatic nitrogens is 2. The summed E-state index contributed by atoms with van der Waals surface area (Å²) in [4.78, 5) is 4.44. The standard InChI is InChI=1S/C13H14BrN3O2/c1-8-2-3-9(14)6-10(8)13-16-12(17-19-13)11-7-15-4-5-18-11/h2-3,6,11,15H,4-5,7H2,1H3. The van der Waals surface area contributed by atoms with E-state index in [2.05, 4.69) is 31.4 Å². The van der Waals surface area contributed by atoms with E-state index in [1.807, 2.05) is 25.1 Å². The Bertz CT molecular complexity index is 579. The molecule has 1 aromatic heterocycles. The number of ether oxygens (including phenoxy) is 1. The van der Waals surface area contributed by atoms with E-state index in [1.165, 1.54) is 0 Å². The molecule has 3 rings (SSSR count). The van der Waals surface area contributed by atoms with E-state index < -0.39 is 0 Å². The molecule has 1 saturated heterocycles. The van der Waals surface area contributed by atoms with Crippen LogP contribution in [0.5, 0.6) is 0 Å². The van der Waals surface area contributed by atoms with Crippen LogP contribution < -0.4 is 5.32 Å². The van der Waals surface area contributed by atoms with Crippen molar-refractivity contribution >= 4 is 15.9 Å². The number of halogens is 1. The van der Waals surface area contributed by atoms with Crippen LogP contribution in [0.4, 0.5) is 0 Å². The number of morpholine rings is 1. The van der Waals surface area contributed by atoms with Crippen LogP contribution in [0.1, 0.15) is 17.5 Å². The summed E-state index contributed by atoms with van der Waals surface area (Å²) in [6.07, 6.45) is -0.126. The quantitative estimate of drug-likeness (QED) is 0.920. The number of nitrogens with one attached hydrogen (secondary N) is 1. The van der Waals surface area contributed by atoms with Gasteiger partial charge in [-0.3, -0.25) is 0 Å². The number of aryl methyl sites for hydroxylation is 1. The Morgan fingerprint density at radius 1 is 1.42 bits per heavy atom. The number of nitrogens with zero attached hydrogens (tertiary/aromatic N) is 2. The molecule has 2 aromatic rings. The molecule has 0 aliphatic carbocycles. The van der Waals surface area contributed by atoms with Gasteiger partial charge >= 0.3 is 0 Å². The molecule has 5 nitrogen and oxygen atoms in total. The average Bonchev–Trinajstić information content (AvgIpc) is 2.92. The summed E-state index contributed by atoms with van der Waals surface area (Å²) in [5.74, 6) is 1.13. The smallest absolute Gasteiger partial charge is 0.258 e. The monoisotopic (exact) mass is 323 g/mol. The van der Waals surface area contributed by atoms with Crippen molar-refractivity contribution in [2.24, 2.45) is 0 Å². The molecular weight excluding hydrogens is 310 g/mol. The SMILES string of the molecule is Cc1ccc(Br)cc1-c1nc(C2CNCCO2)no1. The lowest BCUT2D eigenvalue weighted by molar-refractivity contribution is 0.0208. The summed E-state index contributed by atoms with van der Waals surface area (Å²) in [5, 5.41) is 7.27. The molecule has 0 bridgehead atoms. The van der Waals surface area contributed by atoms with E-state index in [1.54, 1.807) is 0 Å². The average molecular weight is 324 g/mol. The van der Waals surface area contributed by atoms with Crippen molar-refractivity contribution < 1.29 is 9.26 Å². The van der Waals surface area contributed by atoms with Crippen LogP contribution in [0.3, 0.4) is 0 Å². The Morgan fingerprint density at radius 2 is 2.32 bits per heavy atom. The van der Waals surface area contributed by atoms with Gasteiger partial charge in [-0.05, 0) is 24.6 Å². The zero-order valence-corrected chi connectivity index (χ0v) is 12.1. The molecule has 0 radical (unpaired) electrons. The third-order valence-corrected chi connectivity index (χ3v) is 3.58. The first-order valence-corrected chi connectivity index (χ1v) is 6.96. The van der Waals surface area contributed by atoms with Crippen LogP contribution in [0, 0.1) is 6.92 Å². The second kappa shape index (κ2) is 5.40. The van der Waals surface area contributed by atoms with Crippen molar-refractivity contribution in [2.75, 3.05) is 19.7 Å². The number of rotatable bonds is 2. The van der Waals surface area contributed by atoms with E-state index >= 15 is 0 Å². The van der Waals surface area contributed by atoms with Gasteiger partial charge in [-0.15, -0.1) is 0 Å². The Kier molecular flexibility index (Phi) is 3.63. The van der Waals surface area contributed by atoms with Gasteiger partial charge in [-0.1, -0.05) is 27.2 Å². The molecule has 1 atom stereocenters. The van der Waals surface area contributed by atoms with Crippen molar-refractivity contribution in [3.63, 3.8) is 0 Å². The maximum absolute atomic E-state index is 5.61. The van der Waals surface area contributed by atoms with E-state index in [4.69, 9.17) is 9.26 Å². The molecule has 1 N–H and O–H groups in total. The van der Waals surface area contributed by atoms with Crippen molar-refractivity contribution in [1.29, 1.82) is 0 Å². The summed E-state index contributed by atoms with van der Waals surface area (Å²) in [6, 6.07) is 5.98. The predicted molar refractivity (Wildman–Crippen MR) is 73.7 cm³/mol. The van der Waals surface area contributed by atoms with Gasteiger partial charge in [0.15, 0.2) is 0 Å². The molecule has 1 fully saturated rings. The van der Waals surface area contributed by atoms with Crippen LogP contribution in [-0.4, -0.2) is 29.8 Å². The zero-order valence-electron chi connectivity index (χ0n) is 10.5. The minimum absolute atomic E-state index is 0.126. The highest BCUT2D eigenvalue weighted by Gasteiger charge is 2.22. The Balaban J connectivity index is 1.89. The molecule has 2 heterocycles. The summed E-state index contributed by atoms with van der Waals surface area (Å²) >= 11 is 3.45. The van der Waals surface area contributed by atoms with Crippen LogP contribution in [-0.2, 0) is 4.74 Å². The molecule has 1 unspecified atom stereocenters. The molecule has 100 valence electrons. The first-order chi connectivity index (χ1) is 9.24. The fraction of sp³-hybridized carbons (Fsp3) is 0.385. The van der Waals surface area contributed by atoms with E-state index in [9.17, 15) is 0 Å². The summed E-state index contributed by atoms with van der Waals surface area (Å²) in [7, 11) is 0. The van der Waals surface area contributed by atoms with Gasteiger partial charge < -0.3 is 14.6 Å². The third kappa shape index (κ3) is 2.70. The van der Waals surface area contributed by atoms with Crippen molar-refractivity contribution in [2.45, 2.75) is 13.0 Å². The summed E-state index contributed by atoms with van der Waals surface area (Å²) in [6.45, 7) is 4.27. The number of hydrogen-bond donors (Lipinski definition) is 1. The van der Waals surface area contributed by atoms with Crippen molar-refractivity contribution in [3.05, 3.63) is 34.1 Å². The second-order valence-corrected chi connectivity index (χ2v) is 5.40. The van der Waals surface area contributed by atoms with Gasteiger partial charge in [-0.2, -0.15) is 4.98 Å². The summed E-state index contributed by atoms with van der Waals surface area (Å²) in [5.41, 5.74) is 2.04. The lowest BCUT2D eigenvalue weighted by Crippen LogP contribution is -2.33. The van der Waals surface area contributed by atoms with Crippen LogP contribution >= 0.6 is 15.9 Å². The fourth-order valence-electron chi connectivity index (χ4n) is 2.03. The minimum atomic E-state index is -0.126. The maximum Gasteiger partial charge on any atom is 0.258 e. The lowest BCUT2D eigenvalue weighted by Gasteiger charge is -2.20. The summed E-state index contributed by atoms with van der Waals surface area (Å²) < 4.78 is 11.9. The van der Waals surface area contributed by atoms with E-state index in [0.29, 0.717) is 18.3 Å². The molecule has 0 saturated carbocycles. The van der Waals surface area contributed by atoms with Crippen LogP contribution in [0.15, 0.2) is 27.2 Å². The molecule has 1 aromatic carbocycles. The molecule has 0 spiro atoms. The molecule has 6 heteroatoms. The second-order valence-electron chi connectivity index (χ2n) is 4.48. The zero-order chi connectivity index (χ0) is 13.2. The molecule has 0 amide bonds. The molecule has 1 aliphatic heterocycles. The van der Waals surface area contributed by atoms with Crippen LogP contribution in [0.2, 0.25) is 0 Å². The first kappa shape index (κ1) is 12.8. The molecular formula is C13H14BrN3O2. The highest BCUT2D eigenvalue weighted by Crippen LogP contribution is 2.27. The largest absolute Gasteiger partial charge is 0.367 e. The Labute approximate surface area is 119 Å². The molecule has 1 aliphatic rings. The van der Waals surface area contributed by atoms with E-state index in [-0.39, 0.29) is 6.10 Å². The molecule has 19 heavy (non-hydrogen) atoms. The minimum Gasteiger partial charge on any atom is -0.367 e. The number of hydrogen-bond acceptors (Lipinski definition) is 5. The van der Waals surface area contributed by atoms with E-state index in [0.717, 1.165) is 28.7 Å². The van der Waals surface area contributed by atoms with Crippen LogP contribution in [0.25, 0.3) is 11.5 Å². The van der Waals surface area contributed by atoms with Gasteiger partial charge in [-0.25, -0.2) is 0 Å². The van der Waals surface area contributed by atoms with Gasteiger partial charge in [0.1, 0.15) is 6.10 Å². The highest BCUT2D eigenvalue weighted by atomic mass is 79.9. The Morgan fingerprint density at radius 3 is 3.11 bits per heavy atom. The third-order valence-electron chi connectivity index (χ3n) is 3.09. The Hall–Kier alpha value is -1.24. The topological polar surface area (TPSA) is 60.2 Å². The lowest BCUT2D eigenvalue weighted by atomic mass is 10.1. The van der Waals surface area contributed by atoms with Gasteiger partial charge in [0.2, 0.25) is 5.82 Å². The van der Waals surface area contributed by atoms with Gasteiger partial charge in [0.25, 0.3) is 5.89 Å². The highest BCUT2D eigenvalue weighted by molar-refractivity contribution is 9.10. The van der Waals surface area contributed by atoms with Crippen molar-refractivity contribution in [3.8, 4) is 11.5 Å². The maximum atomic E-state index is 5.61. The van der Waals surface area contributed by atoms with Gasteiger partial charge in [0, 0.05) is 23.1 Å². The normalized spacial score (nSPS) is 19.6. The number of benzene rings is 1. The first-order valence-electron chi connectivity index (χ1n) is 6.16. The van der Waals surface area contributed by atoms with Gasteiger partial charge in [0.05, 0.1) is 6.61 Å². The predicted octanol–water partition coefficient (Wildman–Crippen LogP) is 2.47. The van der Waals surface area contributed by atoms with Crippen molar-refractivity contribution in [1.82, 2.24) is 15.5 Å². The fourth-order valence-corrected chi connectivity index (χ4v) is 2.39.